The fourth-order valence-corrected chi connectivity index (χ4v) is 9.90. The molecule has 0 amide bonds. The van der Waals surface area contributed by atoms with Crippen LogP contribution in [0.15, 0.2) is 17.0 Å². The molecule has 0 atom stereocenters. The smallest absolute Gasteiger partial charge is 0.308 e. The van der Waals surface area contributed by atoms with E-state index in [0.717, 1.165) is 5.56 Å². The summed E-state index contributed by atoms with van der Waals surface area (Å²) in [7, 11) is -1.21. The molecule has 1 rings (SSSR count). The van der Waals surface area contributed by atoms with Crippen molar-refractivity contribution < 1.29 is 9.53 Å². The molecule has 0 aliphatic rings. The molecule has 0 aliphatic heterocycles. The van der Waals surface area contributed by atoms with Crippen LogP contribution in [0.5, 0.6) is 5.75 Å². The second-order valence-corrected chi connectivity index (χ2v) is 16.8. The van der Waals surface area contributed by atoms with Gasteiger partial charge < -0.3 is 4.74 Å². The maximum Gasteiger partial charge on any atom is 0.308 e. The van der Waals surface area contributed by atoms with Crippen LogP contribution in [0.2, 0.25) is 18.1 Å². The predicted octanol–water partition coefficient (Wildman–Crippen LogP) is 7.35. The van der Waals surface area contributed by atoms with Crippen molar-refractivity contribution in [3.63, 3.8) is 0 Å². The van der Waals surface area contributed by atoms with Crippen LogP contribution < -0.4 is 4.74 Å². The minimum Gasteiger partial charge on any atom is -0.426 e. The molecular formula is C23H40O2SSi. The van der Waals surface area contributed by atoms with Gasteiger partial charge in [0, 0.05) is 17.4 Å². The second-order valence-electron chi connectivity index (χ2n) is 9.79. The molecule has 0 N–H and O–H groups in total. The SMILES string of the molecule is CC[Si](CC)(CC)CSc1cc(C(C)(C)C)c(OC(C)=O)cc1C(C)(C)C. The fourth-order valence-electron chi connectivity index (χ4n) is 3.38. The molecule has 154 valence electrons. The van der Waals surface area contributed by atoms with Gasteiger partial charge in [-0.3, -0.25) is 4.79 Å². The number of thioether (sulfide) groups is 1. The molecule has 0 heterocycles. The number of carbonyl (C=O) groups is 1. The first-order valence-corrected chi connectivity index (χ1v) is 14.1. The first kappa shape index (κ1) is 24.3. The van der Waals surface area contributed by atoms with E-state index in [2.05, 4.69) is 74.4 Å². The summed E-state index contributed by atoms with van der Waals surface area (Å²) in [6.45, 7) is 21.9. The fraction of sp³-hybridized carbons (Fsp3) is 0.696. The molecule has 0 aromatic heterocycles. The first-order chi connectivity index (χ1) is 12.3. The van der Waals surface area contributed by atoms with Gasteiger partial charge in [0.2, 0.25) is 0 Å². The summed E-state index contributed by atoms with van der Waals surface area (Å²) >= 11 is 2.03. The van der Waals surface area contributed by atoms with Gasteiger partial charge in [-0.25, -0.2) is 0 Å². The standard InChI is InChI=1S/C23H40O2SSi/c1-11-27(12-2,13-3)16-26-21-15-18(22(5,6)7)20(25-17(4)24)14-19(21)23(8,9)10/h14-15H,11-13,16H2,1-10H3. The minimum absolute atomic E-state index is 0.00249. The highest BCUT2D eigenvalue weighted by Crippen LogP contribution is 2.42. The average molecular weight is 409 g/mol. The third-order valence-electron chi connectivity index (χ3n) is 5.74. The number of rotatable bonds is 7. The van der Waals surface area contributed by atoms with E-state index in [1.54, 1.807) is 0 Å². The van der Waals surface area contributed by atoms with E-state index in [0.29, 0.717) is 5.75 Å². The lowest BCUT2D eigenvalue weighted by atomic mass is 9.81. The van der Waals surface area contributed by atoms with Gasteiger partial charge in [-0.1, -0.05) is 80.4 Å². The van der Waals surface area contributed by atoms with Gasteiger partial charge in [0.1, 0.15) is 5.75 Å². The van der Waals surface area contributed by atoms with Crippen LogP contribution in [0.25, 0.3) is 0 Å². The molecule has 0 radical (unpaired) electrons. The Bertz CT molecular complexity index is 641. The van der Waals surface area contributed by atoms with Gasteiger partial charge in [0.25, 0.3) is 0 Å². The molecule has 0 saturated carbocycles. The predicted molar refractivity (Wildman–Crippen MR) is 123 cm³/mol. The summed E-state index contributed by atoms with van der Waals surface area (Å²) in [5.41, 5.74) is 2.32. The zero-order valence-corrected chi connectivity index (χ0v) is 21.0. The minimum atomic E-state index is -1.21. The summed E-state index contributed by atoms with van der Waals surface area (Å²) in [4.78, 5) is 13.0. The van der Waals surface area contributed by atoms with Crippen LogP contribution in [0.1, 0.15) is 80.4 Å². The Kier molecular flexibility index (Phi) is 8.25. The van der Waals surface area contributed by atoms with Gasteiger partial charge in [-0.05, 0) is 33.9 Å². The Morgan fingerprint density at radius 3 is 1.78 bits per heavy atom. The highest BCUT2D eigenvalue weighted by Gasteiger charge is 2.30. The van der Waals surface area contributed by atoms with Gasteiger partial charge in [0.15, 0.2) is 0 Å². The van der Waals surface area contributed by atoms with Gasteiger partial charge in [-0.2, -0.15) is 0 Å². The van der Waals surface area contributed by atoms with E-state index in [1.165, 1.54) is 40.9 Å². The Balaban J connectivity index is 3.50. The Morgan fingerprint density at radius 1 is 0.926 bits per heavy atom. The molecule has 27 heavy (non-hydrogen) atoms. The zero-order valence-electron chi connectivity index (χ0n) is 19.2. The highest BCUT2D eigenvalue weighted by molar-refractivity contribution is 8.01. The first-order valence-electron chi connectivity index (χ1n) is 10.3. The maximum absolute atomic E-state index is 11.7. The molecule has 4 heteroatoms. The van der Waals surface area contributed by atoms with E-state index in [4.69, 9.17) is 4.74 Å². The molecule has 0 unspecified atom stereocenters. The highest BCUT2D eigenvalue weighted by atomic mass is 32.2. The monoisotopic (exact) mass is 408 g/mol. The molecule has 1 aromatic rings. The van der Waals surface area contributed by atoms with Crippen LogP contribution >= 0.6 is 11.8 Å². The van der Waals surface area contributed by atoms with E-state index in [1.807, 2.05) is 11.8 Å². The lowest BCUT2D eigenvalue weighted by molar-refractivity contribution is -0.131. The van der Waals surface area contributed by atoms with Crippen LogP contribution in [0, 0.1) is 0 Å². The summed E-state index contributed by atoms with van der Waals surface area (Å²) in [5.74, 6) is 0.462. The van der Waals surface area contributed by atoms with Crippen LogP contribution in [-0.2, 0) is 15.6 Å². The van der Waals surface area contributed by atoms with Crippen molar-refractivity contribution in [1.29, 1.82) is 0 Å². The summed E-state index contributed by atoms with van der Waals surface area (Å²) in [5, 5.41) is 1.26. The molecular weight excluding hydrogens is 368 g/mol. The number of carbonyl (C=O) groups excluding carboxylic acids is 1. The van der Waals surface area contributed by atoms with Crippen LogP contribution in [0.3, 0.4) is 0 Å². The summed E-state index contributed by atoms with van der Waals surface area (Å²) in [6.07, 6.45) is 0. The van der Waals surface area contributed by atoms with Gasteiger partial charge >= 0.3 is 5.97 Å². The summed E-state index contributed by atoms with van der Waals surface area (Å²) in [6, 6.07) is 8.45. The normalized spacial score (nSPS) is 13.0. The maximum atomic E-state index is 11.7. The topological polar surface area (TPSA) is 26.3 Å². The number of hydrogen-bond acceptors (Lipinski definition) is 3. The van der Waals surface area contributed by atoms with Crippen molar-refractivity contribution >= 4 is 25.8 Å². The van der Waals surface area contributed by atoms with Crippen molar-refractivity contribution in [3.05, 3.63) is 23.3 Å². The molecule has 2 nitrogen and oxygen atoms in total. The zero-order chi connectivity index (χ0) is 21.0. The van der Waals surface area contributed by atoms with Gasteiger partial charge in [-0.15, -0.1) is 11.8 Å². The van der Waals surface area contributed by atoms with Crippen molar-refractivity contribution in [2.45, 2.75) is 103 Å². The van der Waals surface area contributed by atoms with Crippen molar-refractivity contribution in [2.75, 3.05) is 5.38 Å². The molecule has 0 fully saturated rings. The molecule has 0 saturated heterocycles. The molecule has 1 aromatic carbocycles. The van der Waals surface area contributed by atoms with Crippen LogP contribution in [0.4, 0.5) is 0 Å². The number of ether oxygens (including phenoxy) is 1. The molecule has 0 spiro atoms. The number of benzene rings is 1. The van der Waals surface area contributed by atoms with E-state index in [9.17, 15) is 4.79 Å². The van der Waals surface area contributed by atoms with Crippen molar-refractivity contribution in [3.8, 4) is 5.75 Å². The average Bonchev–Trinajstić information content (AvgIpc) is 2.54. The summed E-state index contributed by atoms with van der Waals surface area (Å²) < 4.78 is 5.63. The third-order valence-corrected chi connectivity index (χ3v) is 13.9. The number of hydrogen-bond donors (Lipinski definition) is 0. The van der Waals surface area contributed by atoms with E-state index in [-0.39, 0.29) is 16.8 Å². The largest absolute Gasteiger partial charge is 0.426 e. The molecule has 0 bridgehead atoms. The van der Waals surface area contributed by atoms with E-state index < -0.39 is 8.07 Å². The van der Waals surface area contributed by atoms with Gasteiger partial charge in [0.05, 0.1) is 8.07 Å². The second kappa shape index (κ2) is 9.17. The van der Waals surface area contributed by atoms with Crippen molar-refractivity contribution in [1.82, 2.24) is 0 Å². The van der Waals surface area contributed by atoms with E-state index >= 15 is 0 Å². The number of esters is 1. The lowest BCUT2D eigenvalue weighted by Crippen LogP contribution is -2.35. The van der Waals surface area contributed by atoms with Crippen molar-refractivity contribution in [2.24, 2.45) is 0 Å². The van der Waals surface area contributed by atoms with Crippen LogP contribution in [-0.4, -0.2) is 19.4 Å². The molecule has 0 aliphatic carbocycles. The lowest BCUT2D eigenvalue weighted by Gasteiger charge is -2.31. The Hall–Kier alpha value is -0.743. The quantitative estimate of drug-likeness (QED) is 0.204. The Morgan fingerprint density at radius 2 is 1.41 bits per heavy atom. The Labute approximate surface area is 172 Å². The third kappa shape index (κ3) is 6.38.